The van der Waals surface area contributed by atoms with Crippen molar-refractivity contribution < 1.29 is 14.3 Å². The molecule has 0 N–H and O–H groups in total. The van der Waals surface area contributed by atoms with Gasteiger partial charge in [-0.3, -0.25) is 19.5 Å². The molecule has 2 heterocycles. The number of fused-ring (bicyclic) bond motifs is 1. The van der Waals surface area contributed by atoms with Gasteiger partial charge in [-0.1, -0.05) is 48.5 Å². The number of rotatable bonds is 6. The van der Waals surface area contributed by atoms with Crippen molar-refractivity contribution in [2.24, 2.45) is 0 Å². The Bertz CT molecular complexity index is 923. The molecule has 2 aromatic carbocycles. The molecule has 4 rings (SSSR count). The van der Waals surface area contributed by atoms with Gasteiger partial charge in [0.2, 0.25) is 0 Å². The van der Waals surface area contributed by atoms with E-state index in [1.54, 1.807) is 30.5 Å². The number of carbonyl (C=O) groups is 2. The largest absolute Gasteiger partial charge is 0.373 e. The smallest absolute Gasteiger partial charge is 0.262 e. The summed E-state index contributed by atoms with van der Waals surface area (Å²) in [6.07, 6.45) is 1.71. The van der Waals surface area contributed by atoms with Crippen LogP contribution in [0.15, 0.2) is 79.0 Å². The third-order valence-corrected chi connectivity index (χ3v) is 4.57. The summed E-state index contributed by atoms with van der Waals surface area (Å²) in [7, 11) is 0. The third-order valence-electron chi connectivity index (χ3n) is 4.57. The normalized spacial score (nSPS) is 14.3. The van der Waals surface area contributed by atoms with Gasteiger partial charge in [0.05, 0.1) is 36.1 Å². The monoisotopic (exact) mass is 358 g/mol. The summed E-state index contributed by atoms with van der Waals surface area (Å²) in [5, 5.41) is 0. The summed E-state index contributed by atoms with van der Waals surface area (Å²) in [5.74, 6) is -0.572. The number of benzene rings is 2. The van der Waals surface area contributed by atoms with Crippen LogP contribution in [0.1, 0.15) is 38.0 Å². The van der Waals surface area contributed by atoms with Crippen molar-refractivity contribution in [1.82, 2.24) is 9.88 Å². The van der Waals surface area contributed by atoms with Crippen LogP contribution in [0.3, 0.4) is 0 Å². The highest BCUT2D eigenvalue weighted by atomic mass is 16.5. The van der Waals surface area contributed by atoms with Gasteiger partial charge in [0.1, 0.15) is 0 Å². The number of amides is 2. The van der Waals surface area contributed by atoms with Gasteiger partial charge in [-0.05, 0) is 29.8 Å². The molecule has 134 valence electrons. The second kappa shape index (κ2) is 7.51. The van der Waals surface area contributed by atoms with Crippen molar-refractivity contribution >= 4 is 11.8 Å². The zero-order chi connectivity index (χ0) is 18.6. The van der Waals surface area contributed by atoms with Crippen LogP contribution in [0, 0.1) is 0 Å². The van der Waals surface area contributed by atoms with Crippen molar-refractivity contribution in [2.45, 2.75) is 12.6 Å². The van der Waals surface area contributed by atoms with Crippen LogP contribution in [-0.4, -0.2) is 28.3 Å². The molecule has 5 heteroatoms. The summed E-state index contributed by atoms with van der Waals surface area (Å²) >= 11 is 0. The fraction of sp³-hybridized carbons (Fsp3) is 0.136. The van der Waals surface area contributed by atoms with Crippen molar-refractivity contribution in [3.05, 3.63) is 101 Å². The first-order valence-corrected chi connectivity index (χ1v) is 8.75. The van der Waals surface area contributed by atoms with Gasteiger partial charge >= 0.3 is 0 Å². The maximum Gasteiger partial charge on any atom is 0.262 e. The van der Waals surface area contributed by atoms with Crippen LogP contribution in [0.5, 0.6) is 0 Å². The first kappa shape index (κ1) is 17.1. The Morgan fingerprint density at radius 1 is 0.815 bits per heavy atom. The summed E-state index contributed by atoms with van der Waals surface area (Å²) in [4.78, 5) is 31.3. The Hall–Kier alpha value is -3.31. The van der Waals surface area contributed by atoms with Crippen molar-refractivity contribution in [3.63, 3.8) is 0 Å². The lowest BCUT2D eigenvalue weighted by Gasteiger charge is -2.26. The first-order valence-electron chi connectivity index (χ1n) is 8.75. The molecule has 0 unspecified atom stereocenters. The topological polar surface area (TPSA) is 59.5 Å². The fourth-order valence-corrected chi connectivity index (χ4v) is 3.24. The van der Waals surface area contributed by atoms with E-state index in [2.05, 4.69) is 4.98 Å². The lowest BCUT2D eigenvalue weighted by atomic mass is 10.1. The van der Waals surface area contributed by atoms with Crippen molar-refractivity contribution in [3.8, 4) is 0 Å². The summed E-state index contributed by atoms with van der Waals surface area (Å²) in [5.41, 5.74) is 2.53. The van der Waals surface area contributed by atoms with Gasteiger partial charge in [0, 0.05) is 6.20 Å². The fourth-order valence-electron chi connectivity index (χ4n) is 3.24. The molecular formula is C22H18N2O3. The van der Waals surface area contributed by atoms with E-state index in [1.807, 2.05) is 48.5 Å². The minimum Gasteiger partial charge on any atom is -0.373 e. The number of nitrogens with zero attached hydrogens (tertiary/aromatic N) is 2. The molecule has 0 spiro atoms. The van der Waals surface area contributed by atoms with Gasteiger partial charge in [-0.15, -0.1) is 0 Å². The number of hydrogen-bond acceptors (Lipinski definition) is 4. The average molecular weight is 358 g/mol. The van der Waals surface area contributed by atoms with E-state index in [-0.39, 0.29) is 18.4 Å². The Morgan fingerprint density at radius 2 is 1.44 bits per heavy atom. The molecule has 0 saturated heterocycles. The second-order valence-corrected chi connectivity index (χ2v) is 6.29. The van der Waals surface area contributed by atoms with Crippen LogP contribution in [0.25, 0.3) is 0 Å². The molecule has 0 bridgehead atoms. The van der Waals surface area contributed by atoms with E-state index in [9.17, 15) is 9.59 Å². The van der Waals surface area contributed by atoms with Crippen LogP contribution in [0.2, 0.25) is 0 Å². The molecule has 0 saturated carbocycles. The molecule has 5 nitrogen and oxygen atoms in total. The molecule has 1 atom stereocenters. The average Bonchev–Trinajstić information content (AvgIpc) is 2.98. The molecule has 0 fully saturated rings. The van der Waals surface area contributed by atoms with Crippen molar-refractivity contribution in [1.29, 1.82) is 0 Å². The SMILES string of the molecule is O=C1c2ccccc2C(=O)N1[C@H](COCc1ccccn1)c1ccccc1. The van der Waals surface area contributed by atoms with E-state index < -0.39 is 6.04 Å². The Morgan fingerprint density at radius 3 is 2.07 bits per heavy atom. The number of pyridine rings is 1. The standard InChI is InChI=1S/C22H18N2O3/c25-21-18-11-4-5-12-19(18)22(26)24(21)20(16-8-2-1-3-9-16)15-27-14-17-10-6-7-13-23-17/h1-13,20H,14-15H2/t20-/m1/s1. The lowest BCUT2D eigenvalue weighted by Crippen LogP contribution is -2.36. The van der Waals surface area contributed by atoms with Gasteiger partial charge in [0.15, 0.2) is 0 Å². The number of imide groups is 1. The van der Waals surface area contributed by atoms with Crippen LogP contribution < -0.4 is 0 Å². The predicted molar refractivity (Wildman–Crippen MR) is 100 cm³/mol. The molecule has 0 radical (unpaired) electrons. The second-order valence-electron chi connectivity index (χ2n) is 6.29. The molecule has 2 amide bonds. The minimum absolute atomic E-state index is 0.200. The van der Waals surface area contributed by atoms with Crippen LogP contribution in [0.4, 0.5) is 0 Å². The number of carbonyl (C=O) groups excluding carboxylic acids is 2. The summed E-state index contributed by atoms with van der Waals surface area (Å²) in [6.45, 7) is 0.513. The van der Waals surface area contributed by atoms with E-state index >= 15 is 0 Å². The zero-order valence-electron chi connectivity index (χ0n) is 14.6. The number of ether oxygens (including phenoxy) is 1. The molecule has 1 aliphatic rings. The molecular weight excluding hydrogens is 340 g/mol. The zero-order valence-corrected chi connectivity index (χ0v) is 14.6. The predicted octanol–water partition coefficient (Wildman–Crippen LogP) is 3.64. The van der Waals surface area contributed by atoms with Gasteiger partial charge in [-0.2, -0.15) is 0 Å². The maximum absolute atomic E-state index is 12.9. The molecule has 3 aromatic rings. The summed E-state index contributed by atoms with van der Waals surface area (Å²) in [6, 6.07) is 21.5. The molecule has 1 aromatic heterocycles. The van der Waals surface area contributed by atoms with Crippen molar-refractivity contribution in [2.75, 3.05) is 6.61 Å². The van der Waals surface area contributed by atoms with Gasteiger partial charge in [-0.25, -0.2) is 0 Å². The first-order chi connectivity index (χ1) is 13.3. The Balaban J connectivity index is 1.59. The van der Waals surface area contributed by atoms with E-state index in [0.717, 1.165) is 11.3 Å². The summed E-state index contributed by atoms with van der Waals surface area (Å²) < 4.78 is 5.84. The molecule has 27 heavy (non-hydrogen) atoms. The highest BCUT2D eigenvalue weighted by Gasteiger charge is 2.40. The van der Waals surface area contributed by atoms with Gasteiger partial charge in [0.25, 0.3) is 11.8 Å². The van der Waals surface area contributed by atoms with Crippen LogP contribution >= 0.6 is 0 Å². The Labute approximate surface area is 157 Å². The molecule has 0 aliphatic carbocycles. The number of aromatic nitrogens is 1. The Kier molecular flexibility index (Phi) is 4.77. The number of hydrogen-bond donors (Lipinski definition) is 0. The molecule has 1 aliphatic heterocycles. The van der Waals surface area contributed by atoms with Crippen LogP contribution in [-0.2, 0) is 11.3 Å². The van der Waals surface area contributed by atoms with Gasteiger partial charge < -0.3 is 4.74 Å². The minimum atomic E-state index is -0.498. The van der Waals surface area contributed by atoms with E-state index in [0.29, 0.717) is 17.7 Å². The maximum atomic E-state index is 12.9. The highest BCUT2D eigenvalue weighted by molar-refractivity contribution is 6.21. The third kappa shape index (κ3) is 3.37. The highest BCUT2D eigenvalue weighted by Crippen LogP contribution is 2.31. The van der Waals surface area contributed by atoms with E-state index in [4.69, 9.17) is 4.74 Å². The lowest BCUT2D eigenvalue weighted by molar-refractivity contribution is 0.0354. The van der Waals surface area contributed by atoms with E-state index in [1.165, 1.54) is 4.90 Å². The quantitative estimate of drug-likeness (QED) is 0.631.